The largest absolute Gasteiger partial charge is 0.395 e. The van der Waals surface area contributed by atoms with Crippen molar-refractivity contribution in [1.29, 1.82) is 0 Å². The van der Waals surface area contributed by atoms with Gasteiger partial charge in [-0.1, -0.05) is 24.3 Å². The van der Waals surface area contributed by atoms with Crippen LogP contribution in [0.2, 0.25) is 0 Å². The van der Waals surface area contributed by atoms with Crippen LogP contribution >= 0.6 is 0 Å². The standard InChI is InChI=1S/C12H16N2O2/c15-6-5-13-12(16)11-7-9-3-1-2-4-10(9)8-14-11/h1-4,11,14-15H,5-8H2,(H,13,16)/t11-/m1/s1. The molecule has 0 saturated heterocycles. The van der Waals surface area contributed by atoms with Crippen LogP contribution in [0.25, 0.3) is 0 Å². The molecule has 0 radical (unpaired) electrons. The van der Waals surface area contributed by atoms with Gasteiger partial charge in [-0.25, -0.2) is 0 Å². The van der Waals surface area contributed by atoms with Crippen LogP contribution in [0.1, 0.15) is 11.1 Å². The fourth-order valence-electron chi connectivity index (χ4n) is 1.94. The van der Waals surface area contributed by atoms with Gasteiger partial charge in [0.25, 0.3) is 0 Å². The number of aliphatic hydroxyl groups excluding tert-OH is 1. The maximum atomic E-state index is 11.7. The predicted molar refractivity (Wildman–Crippen MR) is 60.9 cm³/mol. The lowest BCUT2D eigenvalue weighted by atomic mass is 9.95. The molecule has 0 fully saturated rings. The van der Waals surface area contributed by atoms with E-state index in [1.54, 1.807) is 0 Å². The number of fused-ring (bicyclic) bond motifs is 1. The topological polar surface area (TPSA) is 61.4 Å². The Labute approximate surface area is 94.7 Å². The van der Waals surface area contributed by atoms with Crippen molar-refractivity contribution < 1.29 is 9.90 Å². The maximum absolute atomic E-state index is 11.7. The molecule has 2 rings (SSSR count). The summed E-state index contributed by atoms with van der Waals surface area (Å²) in [6.07, 6.45) is 0.716. The van der Waals surface area contributed by atoms with Crippen LogP contribution in [0.4, 0.5) is 0 Å². The lowest BCUT2D eigenvalue weighted by molar-refractivity contribution is -0.123. The van der Waals surface area contributed by atoms with Gasteiger partial charge in [0.2, 0.25) is 5.91 Å². The van der Waals surface area contributed by atoms with Gasteiger partial charge < -0.3 is 15.7 Å². The summed E-state index contributed by atoms with van der Waals surface area (Å²) in [5.41, 5.74) is 2.49. The Morgan fingerprint density at radius 1 is 1.44 bits per heavy atom. The molecule has 0 bridgehead atoms. The monoisotopic (exact) mass is 220 g/mol. The lowest BCUT2D eigenvalue weighted by Gasteiger charge is -2.25. The highest BCUT2D eigenvalue weighted by Gasteiger charge is 2.23. The average Bonchev–Trinajstić information content (AvgIpc) is 2.35. The Kier molecular flexibility index (Phi) is 3.54. The molecule has 1 aromatic rings. The molecule has 0 aliphatic carbocycles. The van der Waals surface area contributed by atoms with Crippen molar-refractivity contribution in [3.63, 3.8) is 0 Å². The van der Waals surface area contributed by atoms with Crippen LogP contribution in [0.15, 0.2) is 24.3 Å². The molecule has 1 aromatic carbocycles. The van der Waals surface area contributed by atoms with E-state index < -0.39 is 0 Å². The van der Waals surface area contributed by atoms with E-state index in [0.717, 1.165) is 6.54 Å². The third-order valence-electron chi connectivity index (χ3n) is 2.81. The molecule has 0 spiro atoms. The fourth-order valence-corrected chi connectivity index (χ4v) is 1.94. The van der Waals surface area contributed by atoms with Crippen molar-refractivity contribution in [3.05, 3.63) is 35.4 Å². The number of nitrogens with one attached hydrogen (secondary N) is 2. The molecule has 1 aliphatic rings. The van der Waals surface area contributed by atoms with E-state index in [9.17, 15) is 4.79 Å². The molecule has 16 heavy (non-hydrogen) atoms. The van der Waals surface area contributed by atoms with Crippen LogP contribution in [-0.2, 0) is 17.8 Å². The van der Waals surface area contributed by atoms with E-state index in [-0.39, 0.29) is 18.6 Å². The fraction of sp³-hybridized carbons (Fsp3) is 0.417. The second kappa shape index (κ2) is 5.09. The van der Waals surface area contributed by atoms with Crippen molar-refractivity contribution in [2.24, 2.45) is 0 Å². The van der Waals surface area contributed by atoms with Gasteiger partial charge in [0.15, 0.2) is 0 Å². The summed E-state index contributed by atoms with van der Waals surface area (Å²) < 4.78 is 0. The molecule has 0 aromatic heterocycles. The molecule has 1 atom stereocenters. The zero-order valence-corrected chi connectivity index (χ0v) is 9.07. The molecule has 4 nitrogen and oxygen atoms in total. The highest BCUT2D eigenvalue weighted by atomic mass is 16.3. The molecule has 4 heteroatoms. The van der Waals surface area contributed by atoms with E-state index in [1.165, 1.54) is 11.1 Å². The number of hydrogen-bond acceptors (Lipinski definition) is 3. The summed E-state index contributed by atoms with van der Waals surface area (Å²) in [6, 6.07) is 7.95. The minimum absolute atomic E-state index is 0.0188. The van der Waals surface area contributed by atoms with Gasteiger partial charge in [-0.2, -0.15) is 0 Å². The summed E-state index contributed by atoms with van der Waals surface area (Å²) in [5, 5.41) is 14.5. The van der Waals surface area contributed by atoms with E-state index in [2.05, 4.69) is 22.8 Å². The van der Waals surface area contributed by atoms with Crippen LogP contribution in [-0.4, -0.2) is 30.2 Å². The first-order chi connectivity index (χ1) is 7.81. The Morgan fingerprint density at radius 2 is 2.19 bits per heavy atom. The van der Waals surface area contributed by atoms with Crippen molar-refractivity contribution in [3.8, 4) is 0 Å². The van der Waals surface area contributed by atoms with E-state index >= 15 is 0 Å². The number of amides is 1. The van der Waals surface area contributed by atoms with Crippen LogP contribution in [0, 0.1) is 0 Å². The summed E-state index contributed by atoms with van der Waals surface area (Å²) >= 11 is 0. The Morgan fingerprint density at radius 3 is 2.94 bits per heavy atom. The molecule has 1 aliphatic heterocycles. The molecule has 86 valence electrons. The summed E-state index contributed by atoms with van der Waals surface area (Å²) in [5.74, 6) is -0.0384. The second-order valence-electron chi connectivity index (χ2n) is 3.92. The lowest BCUT2D eigenvalue weighted by Crippen LogP contribution is -2.48. The van der Waals surface area contributed by atoms with E-state index in [0.29, 0.717) is 13.0 Å². The number of hydrogen-bond donors (Lipinski definition) is 3. The van der Waals surface area contributed by atoms with Crippen molar-refractivity contribution >= 4 is 5.91 Å². The minimum Gasteiger partial charge on any atom is -0.395 e. The quantitative estimate of drug-likeness (QED) is 0.661. The zero-order chi connectivity index (χ0) is 11.4. The predicted octanol–water partition coefficient (Wildman–Crippen LogP) is -0.191. The summed E-state index contributed by atoms with van der Waals surface area (Å²) in [7, 11) is 0. The number of benzene rings is 1. The number of aliphatic hydroxyl groups is 1. The molecule has 1 amide bonds. The van der Waals surface area contributed by atoms with Gasteiger partial charge in [0.1, 0.15) is 0 Å². The number of carbonyl (C=O) groups excluding carboxylic acids is 1. The summed E-state index contributed by atoms with van der Waals surface area (Å²) in [6.45, 7) is 1.03. The van der Waals surface area contributed by atoms with Crippen molar-refractivity contribution in [1.82, 2.24) is 10.6 Å². The van der Waals surface area contributed by atoms with Gasteiger partial charge >= 0.3 is 0 Å². The van der Waals surface area contributed by atoms with Crippen LogP contribution in [0.5, 0.6) is 0 Å². The van der Waals surface area contributed by atoms with Crippen LogP contribution in [0.3, 0.4) is 0 Å². The zero-order valence-electron chi connectivity index (χ0n) is 9.07. The molecule has 1 heterocycles. The van der Waals surface area contributed by atoms with Gasteiger partial charge in [-0.3, -0.25) is 4.79 Å². The highest BCUT2D eigenvalue weighted by Crippen LogP contribution is 2.15. The highest BCUT2D eigenvalue weighted by molar-refractivity contribution is 5.82. The maximum Gasteiger partial charge on any atom is 0.237 e. The first-order valence-corrected chi connectivity index (χ1v) is 5.50. The average molecular weight is 220 g/mol. The molecule has 0 saturated carbocycles. The molecule has 0 unspecified atom stereocenters. The first kappa shape index (κ1) is 11.1. The summed E-state index contributed by atoms with van der Waals surface area (Å²) in [4.78, 5) is 11.7. The first-order valence-electron chi connectivity index (χ1n) is 5.50. The minimum atomic E-state index is -0.179. The third kappa shape index (κ3) is 2.40. The van der Waals surface area contributed by atoms with Crippen molar-refractivity contribution in [2.75, 3.05) is 13.2 Å². The SMILES string of the molecule is O=C(NCCO)[C@H]1Cc2ccccc2CN1. The molecule has 3 N–H and O–H groups in total. The normalized spacial score (nSPS) is 18.9. The number of rotatable bonds is 3. The Balaban J connectivity index is 1.99. The third-order valence-corrected chi connectivity index (χ3v) is 2.81. The second-order valence-corrected chi connectivity index (χ2v) is 3.92. The van der Waals surface area contributed by atoms with Gasteiger partial charge in [-0.15, -0.1) is 0 Å². The van der Waals surface area contributed by atoms with Gasteiger partial charge in [0, 0.05) is 13.1 Å². The Bertz CT molecular complexity index is 379. The van der Waals surface area contributed by atoms with Gasteiger partial charge in [0.05, 0.1) is 12.6 Å². The Hall–Kier alpha value is -1.39. The van der Waals surface area contributed by atoms with Crippen molar-refractivity contribution in [2.45, 2.75) is 19.0 Å². The van der Waals surface area contributed by atoms with Gasteiger partial charge in [-0.05, 0) is 17.5 Å². The van der Waals surface area contributed by atoms with E-state index in [1.807, 2.05) is 12.1 Å². The molecular formula is C12H16N2O2. The van der Waals surface area contributed by atoms with E-state index in [4.69, 9.17) is 5.11 Å². The van der Waals surface area contributed by atoms with Crippen LogP contribution < -0.4 is 10.6 Å². The smallest absolute Gasteiger partial charge is 0.237 e. The number of carbonyl (C=O) groups is 1. The molecular weight excluding hydrogens is 204 g/mol.